The number of anilines is 3. The lowest BCUT2D eigenvalue weighted by Gasteiger charge is -2.26. The minimum atomic E-state index is 0.794. The maximum atomic E-state index is 4.76. The number of aromatic nitrogens is 4. The lowest BCUT2D eigenvalue weighted by Crippen LogP contribution is -2.10. The maximum Gasteiger partial charge on any atom is 0.168 e. The van der Waals surface area contributed by atoms with E-state index in [4.69, 9.17) is 10.2 Å². The van der Waals surface area contributed by atoms with Gasteiger partial charge in [0.15, 0.2) is 11.6 Å². The van der Waals surface area contributed by atoms with Gasteiger partial charge in [-0.05, 0) is 116 Å². The molecule has 0 aliphatic carbocycles. The van der Waals surface area contributed by atoms with Gasteiger partial charge < -0.3 is 9.47 Å². The summed E-state index contributed by atoms with van der Waals surface area (Å²) in [6.07, 6.45) is 0. The van der Waals surface area contributed by atoms with Crippen molar-refractivity contribution in [3.8, 4) is 34.2 Å². The lowest BCUT2D eigenvalue weighted by atomic mass is 10.1. The molecule has 0 atom stereocenters. The summed E-state index contributed by atoms with van der Waals surface area (Å²) in [6.45, 7) is 4.27. The molecule has 244 valence electrons. The van der Waals surface area contributed by atoms with Gasteiger partial charge in [0, 0.05) is 50.3 Å². The van der Waals surface area contributed by atoms with Crippen LogP contribution >= 0.6 is 0 Å². The molecule has 0 saturated carbocycles. The zero-order valence-electron chi connectivity index (χ0n) is 28.5. The van der Waals surface area contributed by atoms with E-state index >= 15 is 0 Å². The predicted molar refractivity (Wildman–Crippen MR) is 211 cm³/mol. The Labute approximate surface area is 297 Å². The molecule has 9 aromatic rings. The first-order valence-corrected chi connectivity index (χ1v) is 17.3. The van der Waals surface area contributed by atoms with Crippen LogP contribution in [0.1, 0.15) is 11.1 Å². The molecule has 0 saturated heterocycles. The summed E-state index contributed by atoms with van der Waals surface area (Å²) in [5.41, 5.74) is 12.3. The second-order valence-electron chi connectivity index (χ2n) is 12.9. The van der Waals surface area contributed by atoms with Crippen LogP contribution in [0.3, 0.4) is 0 Å². The Balaban J connectivity index is 1.12. The Hall–Kier alpha value is -6.72. The molecule has 9 rings (SSSR count). The van der Waals surface area contributed by atoms with Gasteiger partial charge >= 0.3 is 0 Å². The molecule has 0 N–H and O–H groups in total. The number of hydrogen-bond acceptors (Lipinski definition) is 3. The molecule has 2 aromatic heterocycles. The lowest BCUT2D eigenvalue weighted by molar-refractivity contribution is 1.07. The van der Waals surface area contributed by atoms with Gasteiger partial charge in [-0.3, -0.25) is 4.57 Å². The third-order valence-electron chi connectivity index (χ3n) is 9.79. The van der Waals surface area contributed by atoms with E-state index in [0.29, 0.717) is 0 Å². The van der Waals surface area contributed by atoms with Crippen LogP contribution in [0.15, 0.2) is 176 Å². The van der Waals surface area contributed by atoms with Crippen LogP contribution in [0.4, 0.5) is 17.1 Å². The molecule has 0 bridgehead atoms. The van der Waals surface area contributed by atoms with Crippen LogP contribution in [0.25, 0.3) is 56.0 Å². The highest BCUT2D eigenvalue weighted by molar-refractivity contribution is 6.09. The zero-order chi connectivity index (χ0) is 34.3. The molecular weight excluding hydrogens is 623 g/mol. The monoisotopic (exact) mass is 657 g/mol. The highest BCUT2D eigenvalue weighted by Gasteiger charge is 2.19. The summed E-state index contributed by atoms with van der Waals surface area (Å²) in [5.74, 6) is 1.61. The van der Waals surface area contributed by atoms with Crippen LogP contribution in [0, 0.1) is 13.8 Å². The summed E-state index contributed by atoms with van der Waals surface area (Å²) < 4.78 is 4.51. The first-order valence-electron chi connectivity index (χ1n) is 17.3. The third-order valence-corrected chi connectivity index (χ3v) is 9.79. The van der Waals surface area contributed by atoms with Crippen molar-refractivity contribution in [3.63, 3.8) is 0 Å². The Morgan fingerprint density at radius 1 is 0.392 bits per heavy atom. The molecular formula is C46H35N5. The maximum absolute atomic E-state index is 4.76. The molecule has 0 radical (unpaired) electrons. The fraction of sp³-hybridized carbons (Fsp3) is 0.0435. The topological polar surface area (TPSA) is 38.9 Å². The minimum absolute atomic E-state index is 0.794. The Bertz CT molecular complexity index is 2580. The van der Waals surface area contributed by atoms with E-state index in [1.807, 2.05) is 6.07 Å². The van der Waals surface area contributed by atoms with Crippen molar-refractivity contribution >= 4 is 38.9 Å². The number of aryl methyl sites for hydroxylation is 2. The molecule has 0 unspecified atom stereocenters. The van der Waals surface area contributed by atoms with E-state index in [1.54, 1.807) is 0 Å². The van der Waals surface area contributed by atoms with E-state index in [2.05, 4.69) is 198 Å². The second kappa shape index (κ2) is 12.6. The smallest absolute Gasteiger partial charge is 0.168 e. The van der Waals surface area contributed by atoms with E-state index in [9.17, 15) is 0 Å². The van der Waals surface area contributed by atoms with Gasteiger partial charge in [-0.2, -0.15) is 0 Å². The molecule has 5 nitrogen and oxygen atoms in total. The predicted octanol–water partition coefficient (Wildman–Crippen LogP) is 11.8. The average molecular weight is 658 g/mol. The standard InChI is InChI=1S/C46H35N5/c1-32-21-22-35(31-33(32)2)46-48-47-45(51(46)37-15-7-4-8-16-37)34-23-25-38(26-24-34)49(36-13-5-3-6-14-36)39-27-29-40(30-28-39)50-43-19-11-9-17-41(43)42-18-10-12-20-44(42)50/h3-31H,1-2H3. The van der Waals surface area contributed by atoms with Crippen LogP contribution in [0.2, 0.25) is 0 Å². The van der Waals surface area contributed by atoms with E-state index < -0.39 is 0 Å². The van der Waals surface area contributed by atoms with Crippen molar-refractivity contribution in [1.82, 2.24) is 19.3 Å². The minimum Gasteiger partial charge on any atom is -0.311 e. The Morgan fingerprint density at radius 2 is 0.863 bits per heavy atom. The van der Waals surface area contributed by atoms with Gasteiger partial charge in [0.1, 0.15) is 0 Å². The Kier molecular flexibility index (Phi) is 7.51. The summed E-state index contributed by atoms with van der Waals surface area (Å²) in [6, 6.07) is 62.1. The van der Waals surface area contributed by atoms with E-state index in [-0.39, 0.29) is 0 Å². The number of fused-ring (bicyclic) bond motifs is 3. The van der Waals surface area contributed by atoms with Crippen LogP contribution in [0.5, 0.6) is 0 Å². The Morgan fingerprint density at radius 3 is 1.47 bits per heavy atom. The summed E-state index contributed by atoms with van der Waals surface area (Å²) in [4.78, 5) is 2.29. The zero-order valence-corrected chi connectivity index (χ0v) is 28.5. The fourth-order valence-electron chi connectivity index (χ4n) is 7.10. The molecule has 2 heterocycles. The van der Waals surface area contributed by atoms with Gasteiger partial charge in [0.2, 0.25) is 0 Å². The highest BCUT2D eigenvalue weighted by Crippen LogP contribution is 2.38. The highest BCUT2D eigenvalue weighted by atomic mass is 15.3. The van der Waals surface area contributed by atoms with Gasteiger partial charge in [-0.25, -0.2) is 0 Å². The van der Waals surface area contributed by atoms with Gasteiger partial charge in [0.25, 0.3) is 0 Å². The molecule has 0 spiro atoms. The first-order chi connectivity index (χ1) is 25.1. The van der Waals surface area contributed by atoms with E-state index in [1.165, 1.54) is 32.9 Å². The molecule has 0 aliphatic rings. The average Bonchev–Trinajstić information content (AvgIpc) is 3.78. The fourth-order valence-corrected chi connectivity index (χ4v) is 7.10. The van der Waals surface area contributed by atoms with Crippen molar-refractivity contribution in [1.29, 1.82) is 0 Å². The quantitative estimate of drug-likeness (QED) is 0.171. The van der Waals surface area contributed by atoms with Crippen LogP contribution in [-0.2, 0) is 0 Å². The molecule has 5 heteroatoms. The van der Waals surface area contributed by atoms with Gasteiger partial charge in [-0.15, -0.1) is 10.2 Å². The normalized spacial score (nSPS) is 11.3. The van der Waals surface area contributed by atoms with Crippen molar-refractivity contribution in [2.75, 3.05) is 4.90 Å². The SMILES string of the molecule is Cc1ccc(-c2nnc(-c3ccc(N(c4ccccc4)c4ccc(-n5c6ccccc6c6ccccc65)cc4)cc3)n2-c2ccccc2)cc1C. The second-order valence-corrected chi connectivity index (χ2v) is 12.9. The number of nitrogens with zero attached hydrogens (tertiary/aromatic N) is 5. The van der Waals surface area contributed by atoms with Crippen molar-refractivity contribution in [2.45, 2.75) is 13.8 Å². The van der Waals surface area contributed by atoms with Gasteiger partial charge in [0.05, 0.1) is 11.0 Å². The third kappa shape index (κ3) is 5.36. The number of para-hydroxylation sites is 4. The largest absolute Gasteiger partial charge is 0.311 e. The van der Waals surface area contributed by atoms with Crippen LogP contribution < -0.4 is 4.90 Å². The molecule has 51 heavy (non-hydrogen) atoms. The number of rotatable bonds is 7. The summed E-state index contributed by atoms with van der Waals surface area (Å²) >= 11 is 0. The van der Waals surface area contributed by atoms with Crippen LogP contribution in [-0.4, -0.2) is 19.3 Å². The molecule has 7 aromatic carbocycles. The summed E-state index contributed by atoms with van der Waals surface area (Å²) in [5, 5.41) is 12.0. The first kappa shape index (κ1) is 30.3. The summed E-state index contributed by atoms with van der Waals surface area (Å²) in [7, 11) is 0. The van der Waals surface area contributed by atoms with Gasteiger partial charge in [-0.1, -0.05) is 84.9 Å². The van der Waals surface area contributed by atoms with Crippen molar-refractivity contribution in [2.24, 2.45) is 0 Å². The van der Waals surface area contributed by atoms with E-state index in [0.717, 1.165) is 51.2 Å². The molecule has 0 aliphatic heterocycles. The van der Waals surface area contributed by atoms with Crippen molar-refractivity contribution in [3.05, 3.63) is 187 Å². The number of benzene rings is 7. The number of hydrogen-bond donors (Lipinski definition) is 0. The molecule has 0 amide bonds. The van der Waals surface area contributed by atoms with Crippen molar-refractivity contribution < 1.29 is 0 Å². The molecule has 0 fully saturated rings.